The highest BCUT2D eigenvalue weighted by Gasteiger charge is 1.99. The Morgan fingerprint density at radius 1 is 1.64 bits per heavy atom. The molecule has 0 atom stereocenters. The first-order chi connectivity index (χ1) is 5.11. The first kappa shape index (κ1) is 9.64. The van der Waals surface area contributed by atoms with Gasteiger partial charge in [-0.05, 0) is 19.9 Å². The van der Waals surface area contributed by atoms with Gasteiger partial charge >= 0.3 is 0 Å². The predicted octanol–water partition coefficient (Wildman–Crippen LogP) is 2.89. The zero-order chi connectivity index (χ0) is 8.85. The standard InChI is InChI=1S/C9H10FN/c1-4-8(6-11)9(10)5-7(2)3/h4-5H,2H2,1,3H3/b8-4-,9-5+. The summed E-state index contributed by atoms with van der Waals surface area (Å²) in [6.07, 6.45) is 2.66. The molecule has 0 unspecified atom stereocenters. The summed E-state index contributed by atoms with van der Waals surface area (Å²) in [6.45, 7) is 6.78. The van der Waals surface area contributed by atoms with Crippen LogP contribution >= 0.6 is 0 Å². The van der Waals surface area contributed by atoms with Crippen LogP contribution in [-0.4, -0.2) is 0 Å². The highest BCUT2D eigenvalue weighted by Crippen LogP contribution is 2.11. The summed E-state index contributed by atoms with van der Waals surface area (Å²) in [7, 11) is 0. The maximum absolute atomic E-state index is 12.8. The molecule has 0 aliphatic heterocycles. The number of allylic oxidation sites excluding steroid dienone is 5. The molecule has 0 aromatic carbocycles. The van der Waals surface area contributed by atoms with E-state index in [1.165, 1.54) is 12.2 Å². The third-order valence-electron chi connectivity index (χ3n) is 1.04. The van der Waals surface area contributed by atoms with E-state index in [1.54, 1.807) is 19.9 Å². The molecule has 0 N–H and O–H groups in total. The molecule has 58 valence electrons. The van der Waals surface area contributed by atoms with E-state index in [-0.39, 0.29) is 5.57 Å². The molecule has 0 radical (unpaired) electrons. The molecular weight excluding hydrogens is 141 g/mol. The van der Waals surface area contributed by atoms with Crippen LogP contribution in [0.2, 0.25) is 0 Å². The highest BCUT2D eigenvalue weighted by atomic mass is 19.1. The summed E-state index contributed by atoms with van der Waals surface area (Å²) in [6, 6.07) is 1.73. The fraction of sp³-hybridized carbons (Fsp3) is 0.222. The summed E-state index contributed by atoms with van der Waals surface area (Å²) in [5, 5.41) is 8.38. The molecule has 0 aromatic rings. The van der Waals surface area contributed by atoms with E-state index in [4.69, 9.17) is 5.26 Å². The molecule has 0 bridgehead atoms. The predicted molar refractivity (Wildman–Crippen MR) is 43.4 cm³/mol. The average Bonchev–Trinajstić information content (AvgIpc) is 1.88. The highest BCUT2D eigenvalue weighted by molar-refractivity contribution is 5.40. The molecule has 0 saturated heterocycles. The molecule has 0 fully saturated rings. The third kappa shape index (κ3) is 3.36. The summed E-state index contributed by atoms with van der Waals surface area (Å²) < 4.78 is 12.8. The van der Waals surface area contributed by atoms with Crippen molar-refractivity contribution in [3.63, 3.8) is 0 Å². The van der Waals surface area contributed by atoms with Gasteiger partial charge in [-0.2, -0.15) is 5.26 Å². The average molecular weight is 151 g/mol. The van der Waals surface area contributed by atoms with Gasteiger partial charge in [-0.15, -0.1) is 0 Å². The molecule has 0 aliphatic carbocycles. The van der Waals surface area contributed by atoms with Crippen molar-refractivity contribution in [1.82, 2.24) is 0 Å². The number of rotatable bonds is 2. The molecule has 2 heteroatoms. The Morgan fingerprint density at radius 2 is 2.18 bits per heavy atom. The molecule has 0 aliphatic rings. The van der Waals surface area contributed by atoms with Crippen molar-refractivity contribution in [3.8, 4) is 6.07 Å². The van der Waals surface area contributed by atoms with E-state index in [9.17, 15) is 4.39 Å². The van der Waals surface area contributed by atoms with Crippen LogP contribution in [0.5, 0.6) is 0 Å². The number of nitriles is 1. The fourth-order valence-corrected chi connectivity index (χ4v) is 0.550. The van der Waals surface area contributed by atoms with Gasteiger partial charge in [-0.3, -0.25) is 0 Å². The number of nitrogens with zero attached hydrogens (tertiary/aromatic N) is 1. The zero-order valence-corrected chi connectivity index (χ0v) is 6.69. The van der Waals surface area contributed by atoms with Crippen LogP contribution in [0.4, 0.5) is 4.39 Å². The van der Waals surface area contributed by atoms with Gasteiger partial charge in [0.2, 0.25) is 0 Å². The zero-order valence-electron chi connectivity index (χ0n) is 6.69. The minimum atomic E-state index is -0.525. The smallest absolute Gasteiger partial charge is 0.140 e. The number of hydrogen-bond donors (Lipinski definition) is 0. The topological polar surface area (TPSA) is 23.8 Å². The van der Waals surface area contributed by atoms with E-state index in [0.29, 0.717) is 5.57 Å². The van der Waals surface area contributed by atoms with Gasteiger partial charge in [-0.25, -0.2) is 4.39 Å². The maximum Gasteiger partial charge on any atom is 0.140 e. The van der Waals surface area contributed by atoms with Gasteiger partial charge in [-0.1, -0.05) is 18.2 Å². The number of halogens is 1. The van der Waals surface area contributed by atoms with Gasteiger partial charge < -0.3 is 0 Å². The first-order valence-corrected chi connectivity index (χ1v) is 3.21. The van der Waals surface area contributed by atoms with Crippen LogP contribution < -0.4 is 0 Å². The van der Waals surface area contributed by atoms with Gasteiger partial charge in [0, 0.05) is 0 Å². The van der Waals surface area contributed by atoms with Gasteiger partial charge in [0.05, 0.1) is 5.57 Å². The van der Waals surface area contributed by atoms with Crippen molar-refractivity contribution < 1.29 is 4.39 Å². The summed E-state index contributed by atoms with van der Waals surface area (Å²) in [5.74, 6) is -0.525. The van der Waals surface area contributed by atoms with Crippen LogP contribution in [0.1, 0.15) is 13.8 Å². The second-order valence-corrected chi connectivity index (χ2v) is 2.15. The minimum Gasteiger partial charge on any atom is -0.206 e. The Balaban J connectivity index is 4.63. The lowest BCUT2D eigenvalue weighted by Gasteiger charge is -1.91. The van der Waals surface area contributed by atoms with E-state index in [2.05, 4.69) is 6.58 Å². The molecule has 0 saturated carbocycles. The Kier molecular flexibility index (Phi) is 3.90. The maximum atomic E-state index is 12.8. The number of hydrogen-bond acceptors (Lipinski definition) is 1. The Hall–Kier alpha value is -1.36. The largest absolute Gasteiger partial charge is 0.206 e. The Bertz CT molecular complexity index is 253. The second kappa shape index (κ2) is 4.45. The molecule has 0 spiro atoms. The van der Waals surface area contributed by atoms with Crippen LogP contribution in [-0.2, 0) is 0 Å². The summed E-state index contributed by atoms with van der Waals surface area (Å²) in [5.41, 5.74) is 0.644. The first-order valence-electron chi connectivity index (χ1n) is 3.21. The molecule has 0 heterocycles. The molecule has 1 nitrogen and oxygen atoms in total. The molecular formula is C9H10FN. The third-order valence-corrected chi connectivity index (χ3v) is 1.04. The summed E-state index contributed by atoms with van der Waals surface area (Å²) in [4.78, 5) is 0. The van der Waals surface area contributed by atoms with Gasteiger partial charge in [0.15, 0.2) is 0 Å². The SMILES string of the molecule is C=C(C)/C=C(F)\C(C#N)=C/C. The molecule has 0 aromatic heterocycles. The van der Waals surface area contributed by atoms with Crippen molar-refractivity contribution in [2.75, 3.05) is 0 Å². The van der Waals surface area contributed by atoms with E-state index < -0.39 is 5.83 Å². The van der Waals surface area contributed by atoms with E-state index in [0.717, 1.165) is 0 Å². The van der Waals surface area contributed by atoms with Crippen molar-refractivity contribution in [1.29, 1.82) is 5.26 Å². The van der Waals surface area contributed by atoms with Crippen LogP contribution in [0, 0.1) is 11.3 Å². The van der Waals surface area contributed by atoms with Crippen molar-refractivity contribution >= 4 is 0 Å². The monoisotopic (exact) mass is 151 g/mol. The van der Waals surface area contributed by atoms with Crippen LogP contribution in [0.15, 0.2) is 35.7 Å². The molecule has 0 rings (SSSR count). The summed E-state index contributed by atoms with van der Waals surface area (Å²) >= 11 is 0. The van der Waals surface area contributed by atoms with Gasteiger partial charge in [0.25, 0.3) is 0 Å². The van der Waals surface area contributed by atoms with E-state index >= 15 is 0 Å². The van der Waals surface area contributed by atoms with Crippen LogP contribution in [0.3, 0.4) is 0 Å². The van der Waals surface area contributed by atoms with E-state index in [1.807, 2.05) is 0 Å². The Morgan fingerprint density at radius 3 is 2.45 bits per heavy atom. The second-order valence-electron chi connectivity index (χ2n) is 2.15. The normalized spacial score (nSPS) is 12.5. The molecule has 11 heavy (non-hydrogen) atoms. The Labute approximate surface area is 66.1 Å². The lowest BCUT2D eigenvalue weighted by atomic mass is 10.2. The fourth-order valence-electron chi connectivity index (χ4n) is 0.550. The minimum absolute atomic E-state index is 0.0491. The van der Waals surface area contributed by atoms with Crippen molar-refractivity contribution in [2.24, 2.45) is 0 Å². The van der Waals surface area contributed by atoms with Crippen molar-refractivity contribution in [2.45, 2.75) is 13.8 Å². The van der Waals surface area contributed by atoms with Crippen LogP contribution in [0.25, 0.3) is 0 Å². The lowest BCUT2D eigenvalue weighted by molar-refractivity contribution is 0.657. The molecule has 0 amide bonds. The van der Waals surface area contributed by atoms with Gasteiger partial charge in [0.1, 0.15) is 11.9 Å². The quantitative estimate of drug-likeness (QED) is 0.439. The van der Waals surface area contributed by atoms with Crippen molar-refractivity contribution in [3.05, 3.63) is 35.7 Å². The lowest BCUT2D eigenvalue weighted by Crippen LogP contribution is -1.79.